The van der Waals surface area contributed by atoms with E-state index in [1.165, 1.54) is 17.2 Å². The van der Waals surface area contributed by atoms with Crippen molar-refractivity contribution in [2.75, 3.05) is 12.3 Å². The normalized spacial score (nSPS) is 29.1. The average Bonchev–Trinajstić information content (AvgIpc) is 3.01. The summed E-state index contributed by atoms with van der Waals surface area (Å²) in [7, 11) is -2.82. The lowest BCUT2D eigenvalue weighted by Gasteiger charge is -2.16. The second-order valence-corrected chi connectivity index (χ2v) is 5.40. The predicted molar refractivity (Wildman–Crippen MR) is 71.4 cm³/mol. The van der Waals surface area contributed by atoms with E-state index >= 15 is 0 Å². The van der Waals surface area contributed by atoms with E-state index in [9.17, 15) is 14.8 Å². The van der Waals surface area contributed by atoms with Crippen molar-refractivity contribution < 1.29 is 28.9 Å². The van der Waals surface area contributed by atoms with Gasteiger partial charge in [-0.15, -0.1) is 9.42 Å². The molecule has 0 aromatic carbocycles. The summed E-state index contributed by atoms with van der Waals surface area (Å²) >= 11 is 0. The minimum Gasteiger partial charge on any atom is -0.387 e. The monoisotopic (exact) mass is 330 g/mol. The number of ether oxygens (including phenoxy) is 1. The molecule has 0 aliphatic carbocycles. The van der Waals surface area contributed by atoms with Gasteiger partial charge in [-0.3, -0.25) is 4.57 Å². The minimum atomic E-state index is -2.82. The molecular weight excluding hydrogens is 317 g/mol. The highest BCUT2D eigenvalue weighted by molar-refractivity contribution is 7.32. The lowest BCUT2D eigenvalue weighted by Crippen LogP contribution is -2.33. The molecule has 5 N–H and O–H groups in total. The maximum absolute atomic E-state index is 10.5. The number of hydrogen-bond acceptors (Lipinski definition) is 9. The number of imidazole rings is 1. The highest BCUT2D eigenvalue weighted by atomic mass is 31.1. The van der Waals surface area contributed by atoms with Crippen LogP contribution >= 0.6 is 8.25 Å². The number of fused-ring (bicyclic) bond motifs is 1. The Hall–Kier alpha value is -1.75. The number of anilines is 1. The summed E-state index contributed by atoms with van der Waals surface area (Å²) in [5, 5.41) is 20.0. The molecule has 0 spiro atoms. The summed E-state index contributed by atoms with van der Waals surface area (Å²) in [4.78, 5) is 20.5. The van der Waals surface area contributed by atoms with Crippen molar-refractivity contribution in [1.29, 1.82) is 0 Å². The predicted octanol–water partition coefficient (Wildman–Crippen LogP) is -1.31. The number of rotatable bonds is 4. The second kappa shape index (κ2) is 5.80. The fourth-order valence-corrected chi connectivity index (χ4v) is 2.56. The van der Waals surface area contributed by atoms with Gasteiger partial charge in [-0.25, -0.2) is 15.0 Å². The van der Waals surface area contributed by atoms with Gasteiger partial charge >= 0.3 is 8.25 Å². The van der Waals surface area contributed by atoms with E-state index in [0.717, 1.165) is 0 Å². The van der Waals surface area contributed by atoms with Crippen LogP contribution in [0.4, 0.5) is 5.82 Å². The van der Waals surface area contributed by atoms with Crippen LogP contribution < -0.4 is 5.73 Å². The molecule has 11 nitrogen and oxygen atoms in total. The Morgan fingerprint density at radius 3 is 2.86 bits per heavy atom. The molecule has 3 heterocycles. The third-order valence-corrected chi connectivity index (χ3v) is 3.72. The van der Waals surface area contributed by atoms with Crippen LogP contribution in [0, 0.1) is 0 Å². The Bertz CT molecular complexity index is 710. The first-order valence-electron chi connectivity index (χ1n) is 6.22. The highest BCUT2D eigenvalue weighted by Gasteiger charge is 2.45. The lowest BCUT2D eigenvalue weighted by molar-refractivity contribution is -0.0476. The summed E-state index contributed by atoms with van der Waals surface area (Å²) in [6, 6.07) is 0. The molecule has 1 aliphatic rings. The molecule has 118 valence electrons. The number of aliphatic hydroxyl groups is 2. The van der Waals surface area contributed by atoms with Crippen LogP contribution in [0.15, 0.2) is 12.7 Å². The molecule has 22 heavy (non-hydrogen) atoms. The molecule has 0 amide bonds. The van der Waals surface area contributed by atoms with E-state index in [0.29, 0.717) is 11.2 Å². The Labute approximate surface area is 124 Å². The Balaban J connectivity index is 1.87. The summed E-state index contributed by atoms with van der Waals surface area (Å²) in [5.74, 6) is 0.175. The van der Waals surface area contributed by atoms with Crippen LogP contribution in [0.25, 0.3) is 11.2 Å². The lowest BCUT2D eigenvalue weighted by atomic mass is 10.1. The van der Waals surface area contributed by atoms with Crippen molar-refractivity contribution in [3.8, 4) is 0 Å². The topological polar surface area (TPSA) is 166 Å². The molecule has 5 atom stereocenters. The van der Waals surface area contributed by atoms with Crippen molar-refractivity contribution in [2.45, 2.75) is 24.5 Å². The zero-order valence-electron chi connectivity index (χ0n) is 11.1. The van der Waals surface area contributed by atoms with Crippen molar-refractivity contribution >= 4 is 25.2 Å². The van der Waals surface area contributed by atoms with Crippen molar-refractivity contribution in [3.05, 3.63) is 12.7 Å². The largest absolute Gasteiger partial charge is 0.694 e. The minimum absolute atomic E-state index is 0.175. The molecule has 3 unspecified atom stereocenters. The van der Waals surface area contributed by atoms with E-state index in [1.54, 1.807) is 0 Å². The van der Waals surface area contributed by atoms with Gasteiger partial charge in [0.15, 0.2) is 17.7 Å². The first kappa shape index (κ1) is 15.2. The van der Waals surface area contributed by atoms with Crippen molar-refractivity contribution in [2.24, 2.45) is 0 Å². The van der Waals surface area contributed by atoms with Crippen LogP contribution in [-0.2, 0) is 13.8 Å². The Morgan fingerprint density at radius 2 is 2.14 bits per heavy atom. The Morgan fingerprint density at radius 1 is 1.36 bits per heavy atom. The third kappa shape index (κ3) is 2.54. The Kier molecular flexibility index (Phi) is 4.00. The molecule has 3 rings (SSSR count). The number of hydrogen-bond donors (Lipinski definition) is 4. The van der Waals surface area contributed by atoms with Gasteiger partial charge in [0.25, 0.3) is 0 Å². The standard InChI is InChI=1S/C10H12N5O6P/c11-8-5-9(13-2-12-8)15(3-14-5)10-7(17)6(16)4(21-10)1-20-22(18)19/h2-4,6-7,10,16-17H,1H2,(H2-,11,12,13,18,19)/p+1/t4-,6?,7?,10-/m0/s1. The first-order valence-corrected chi connectivity index (χ1v) is 7.35. The number of nitrogens with two attached hydrogens (primary N) is 1. The van der Waals surface area contributed by atoms with E-state index in [1.807, 2.05) is 0 Å². The van der Waals surface area contributed by atoms with Crippen molar-refractivity contribution in [3.63, 3.8) is 0 Å². The van der Waals surface area contributed by atoms with Gasteiger partial charge < -0.3 is 20.7 Å². The SMILES string of the molecule is Nc1ncnc2c1ncn2[C@H]1O[C@@H](CO[P+](=O)O)C(O)C1O. The van der Waals surface area contributed by atoms with Crippen LogP contribution in [-0.4, -0.2) is 59.5 Å². The average molecular weight is 330 g/mol. The summed E-state index contributed by atoms with van der Waals surface area (Å²) in [6.45, 7) is -0.343. The molecule has 0 bridgehead atoms. The molecule has 0 saturated carbocycles. The van der Waals surface area contributed by atoms with Gasteiger partial charge in [0.05, 0.1) is 6.33 Å². The quantitative estimate of drug-likeness (QED) is 0.494. The van der Waals surface area contributed by atoms with Gasteiger partial charge in [0.1, 0.15) is 36.8 Å². The number of aromatic nitrogens is 4. The fraction of sp³-hybridized carbons (Fsp3) is 0.500. The fourth-order valence-electron chi connectivity index (χ4n) is 2.29. The first-order chi connectivity index (χ1) is 10.5. The maximum atomic E-state index is 10.5. The molecular formula is C10H13N5O6P+. The van der Waals surface area contributed by atoms with E-state index < -0.39 is 32.8 Å². The van der Waals surface area contributed by atoms with Gasteiger partial charge in [-0.2, -0.15) is 0 Å². The zero-order valence-corrected chi connectivity index (χ0v) is 11.9. The molecule has 2 aromatic heterocycles. The molecule has 1 saturated heterocycles. The summed E-state index contributed by atoms with van der Waals surface area (Å²) in [6.07, 6.45) is -1.95. The number of aliphatic hydroxyl groups excluding tert-OH is 2. The second-order valence-electron chi connectivity index (χ2n) is 4.66. The molecule has 12 heteroatoms. The summed E-state index contributed by atoms with van der Waals surface area (Å²) < 4.78 is 22.0. The van der Waals surface area contributed by atoms with E-state index in [-0.39, 0.29) is 12.4 Å². The van der Waals surface area contributed by atoms with Crippen molar-refractivity contribution in [1.82, 2.24) is 19.5 Å². The third-order valence-electron chi connectivity index (χ3n) is 3.35. The van der Waals surface area contributed by atoms with E-state index in [2.05, 4.69) is 19.5 Å². The van der Waals surface area contributed by atoms with Gasteiger partial charge in [-0.05, 0) is 0 Å². The van der Waals surface area contributed by atoms with Crippen LogP contribution in [0.5, 0.6) is 0 Å². The van der Waals surface area contributed by atoms with Gasteiger partial charge in [-0.1, -0.05) is 0 Å². The zero-order chi connectivity index (χ0) is 15.9. The van der Waals surface area contributed by atoms with Crippen LogP contribution in [0.3, 0.4) is 0 Å². The highest BCUT2D eigenvalue weighted by Crippen LogP contribution is 2.33. The molecule has 2 aromatic rings. The van der Waals surface area contributed by atoms with Gasteiger partial charge in [0, 0.05) is 4.57 Å². The van der Waals surface area contributed by atoms with Crippen LogP contribution in [0.1, 0.15) is 6.23 Å². The van der Waals surface area contributed by atoms with E-state index in [4.69, 9.17) is 15.4 Å². The molecule has 1 fully saturated rings. The number of nitrogen functional groups attached to an aromatic ring is 1. The summed E-state index contributed by atoms with van der Waals surface area (Å²) in [5.41, 5.74) is 6.35. The van der Waals surface area contributed by atoms with Gasteiger partial charge in [0.2, 0.25) is 0 Å². The smallest absolute Gasteiger partial charge is 0.387 e. The molecule has 0 radical (unpaired) electrons. The van der Waals surface area contributed by atoms with Crippen LogP contribution in [0.2, 0.25) is 0 Å². The number of nitrogens with zero attached hydrogens (tertiary/aromatic N) is 4. The maximum Gasteiger partial charge on any atom is 0.694 e. The molecule has 1 aliphatic heterocycles.